The van der Waals surface area contributed by atoms with Gasteiger partial charge in [0.25, 0.3) is 0 Å². The zero-order valence-corrected chi connectivity index (χ0v) is 19.2. The van der Waals surface area contributed by atoms with Crippen molar-refractivity contribution in [3.05, 3.63) is 33.9 Å². The smallest absolute Gasteiger partial charge is 0.351 e. The molecule has 136 valence electrons. The lowest BCUT2D eigenvalue weighted by Crippen LogP contribution is -2.43. The Kier molecular flexibility index (Phi) is 7.11. The molecule has 1 rings (SSSR count). The minimum absolute atomic E-state index is 0.378. The maximum atomic E-state index is 11.9. The molecule has 4 heteroatoms. The van der Waals surface area contributed by atoms with E-state index in [9.17, 15) is 4.79 Å². The summed E-state index contributed by atoms with van der Waals surface area (Å²) in [4.78, 5) is 11.9. The fourth-order valence-corrected chi connectivity index (χ4v) is 9.19. The first-order chi connectivity index (χ1) is 11.4. The van der Waals surface area contributed by atoms with Crippen molar-refractivity contribution in [3.63, 3.8) is 0 Å². The molecule has 0 saturated heterocycles. The van der Waals surface area contributed by atoms with Gasteiger partial charge in [-0.2, -0.15) is 0 Å². The van der Waals surface area contributed by atoms with E-state index < -0.39 is 16.1 Å². The van der Waals surface area contributed by atoms with Crippen LogP contribution in [0.3, 0.4) is 0 Å². The van der Waals surface area contributed by atoms with Crippen LogP contribution in [0, 0.1) is 22.9 Å². The van der Waals surface area contributed by atoms with Crippen LogP contribution in [-0.4, -0.2) is 16.1 Å². The molecule has 0 aliphatic rings. The molecule has 0 spiro atoms. The van der Waals surface area contributed by atoms with Gasteiger partial charge in [-0.1, -0.05) is 73.0 Å². The van der Waals surface area contributed by atoms with E-state index >= 15 is 0 Å². The summed E-state index contributed by atoms with van der Waals surface area (Å²) >= 11 is 0. The molecular formula is C21H32O2Si2. The molecule has 1 heterocycles. The van der Waals surface area contributed by atoms with Crippen LogP contribution in [-0.2, 0) is 0 Å². The third-order valence-corrected chi connectivity index (χ3v) is 11.8. The minimum Gasteiger partial charge on any atom is -0.429 e. The number of hydrogen-bond donors (Lipinski definition) is 0. The Bertz CT molecular complexity index is 751. The highest BCUT2D eigenvalue weighted by Gasteiger charge is 2.41. The van der Waals surface area contributed by atoms with Crippen LogP contribution in [0.25, 0.3) is 0 Å². The van der Waals surface area contributed by atoms with Crippen molar-refractivity contribution < 1.29 is 4.42 Å². The number of hydrogen-bond acceptors (Lipinski definition) is 2. The van der Waals surface area contributed by atoms with Crippen LogP contribution in [0.1, 0.15) is 52.7 Å². The summed E-state index contributed by atoms with van der Waals surface area (Å²) in [7, 11) is -3.34. The Morgan fingerprint density at radius 2 is 1.40 bits per heavy atom. The van der Waals surface area contributed by atoms with Gasteiger partial charge in [-0.25, -0.2) is 4.79 Å². The fraction of sp³-hybridized carbons (Fsp3) is 0.571. The normalized spacial score (nSPS) is 12.0. The number of rotatable bonds is 3. The summed E-state index contributed by atoms with van der Waals surface area (Å²) in [5.74, 6) is 6.32. The minimum atomic E-state index is -1.80. The van der Waals surface area contributed by atoms with Crippen molar-refractivity contribution in [2.24, 2.45) is 0 Å². The Hall–Kier alpha value is -1.50. The van der Waals surface area contributed by atoms with E-state index in [4.69, 9.17) is 4.42 Å². The van der Waals surface area contributed by atoms with Gasteiger partial charge in [0.15, 0.2) is 0 Å². The third-order valence-electron chi connectivity index (χ3n) is 4.67. The second-order valence-corrected chi connectivity index (χ2v) is 19.0. The quantitative estimate of drug-likeness (QED) is 0.522. The summed E-state index contributed by atoms with van der Waals surface area (Å²) in [5, 5.41) is 0. The summed E-state index contributed by atoms with van der Waals surface area (Å²) in [6, 6.07) is 1.78. The van der Waals surface area contributed by atoms with Crippen LogP contribution < -0.4 is 5.63 Å². The van der Waals surface area contributed by atoms with Gasteiger partial charge in [-0.05, 0) is 22.7 Å². The largest absolute Gasteiger partial charge is 0.429 e. The molecule has 0 N–H and O–H groups in total. The van der Waals surface area contributed by atoms with Crippen molar-refractivity contribution in [2.45, 2.75) is 77.8 Å². The average molecular weight is 373 g/mol. The molecule has 0 atom stereocenters. The van der Waals surface area contributed by atoms with Gasteiger partial charge in [-0.3, -0.25) is 0 Å². The molecule has 0 aromatic carbocycles. The van der Waals surface area contributed by atoms with Gasteiger partial charge in [-0.15, -0.1) is 11.1 Å². The monoisotopic (exact) mass is 372 g/mol. The Morgan fingerprint density at radius 3 is 1.84 bits per heavy atom. The molecule has 0 aliphatic heterocycles. The van der Waals surface area contributed by atoms with E-state index in [1.807, 2.05) is 0 Å². The van der Waals surface area contributed by atoms with Crippen molar-refractivity contribution in [1.82, 2.24) is 0 Å². The van der Waals surface area contributed by atoms with Crippen LogP contribution in [0.15, 0.2) is 21.5 Å². The summed E-state index contributed by atoms with van der Waals surface area (Å²) in [5.41, 5.74) is 9.38. The summed E-state index contributed by atoms with van der Waals surface area (Å²) in [6.07, 6.45) is 1.47. The van der Waals surface area contributed by atoms with E-state index in [-0.39, 0.29) is 5.63 Å². The SMILES string of the molecule is CC(C)[Si](C#Cc1coc(=O)c(C#C[Si](C)(C)C)c1)(C(C)C)C(C)C. The fourth-order valence-electron chi connectivity index (χ4n) is 3.45. The van der Waals surface area contributed by atoms with Gasteiger partial charge < -0.3 is 4.42 Å². The topological polar surface area (TPSA) is 30.2 Å². The highest BCUT2D eigenvalue weighted by atomic mass is 28.3. The lowest BCUT2D eigenvalue weighted by Gasteiger charge is -2.38. The van der Waals surface area contributed by atoms with Crippen molar-refractivity contribution in [1.29, 1.82) is 0 Å². The van der Waals surface area contributed by atoms with Crippen molar-refractivity contribution in [3.8, 4) is 22.9 Å². The van der Waals surface area contributed by atoms with E-state index in [0.29, 0.717) is 22.2 Å². The van der Waals surface area contributed by atoms with Gasteiger partial charge in [0.05, 0.1) is 5.56 Å². The Labute approximate surface area is 155 Å². The highest BCUT2D eigenvalue weighted by Crippen LogP contribution is 2.40. The molecule has 1 aromatic rings. The molecule has 1 aromatic heterocycles. The molecule has 25 heavy (non-hydrogen) atoms. The second-order valence-electron chi connectivity index (χ2n) is 8.68. The van der Waals surface area contributed by atoms with E-state index in [1.165, 1.54) is 6.26 Å². The van der Waals surface area contributed by atoms with Crippen LogP contribution in [0.5, 0.6) is 0 Å². The Balaban J connectivity index is 3.39. The van der Waals surface area contributed by atoms with Gasteiger partial charge in [0.2, 0.25) is 0 Å². The average Bonchev–Trinajstić information content (AvgIpc) is 2.46. The zero-order valence-electron chi connectivity index (χ0n) is 17.2. The van der Waals surface area contributed by atoms with Gasteiger partial charge in [0, 0.05) is 0 Å². The Morgan fingerprint density at radius 1 is 0.880 bits per heavy atom. The van der Waals surface area contributed by atoms with Gasteiger partial charge >= 0.3 is 5.63 Å². The molecule has 0 unspecified atom stereocenters. The van der Waals surface area contributed by atoms with Gasteiger partial charge in [0.1, 0.15) is 28.0 Å². The maximum Gasteiger partial charge on any atom is 0.351 e. The van der Waals surface area contributed by atoms with Crippen molar-refractivity contribution >= 4 is 16.1 Å². The maximum absolute atomic E-state index is 11.9. The second kappa shape index (κ2) is 8.26. The van der Waals surface area contributed by atoms with Crippen LogP contribution in [0.2, 0.25) is 36.3 Å². The first-order valence-electron chi connectivity index (χ1n) is 9.09. The lowest BCUT2D eigenvalue weighted by atomic mass is 10.2. The first-order valence-corrected chi connectivity index (χ1v) is 14.8. The summed E-state index contributed by atoms with van der Waals surface area (Å²) in [6.45, 7) is 20.2. The van der Waals surface area contributed by atoms with Crippen LogP contribution in [0.4, 0.5) is 0 Å². The molecule has 0 fully saturated rings. The van der Waals surface area contributed by atoms with Crippen molar-refractivity contribution in [2.75, 3.05) is 0 Å². The molecule has 0 radical (unpaired) electrons. The van der Waals surface area contributed by atoms with E-state index in [1.54, 1.807) is 6.07 Å². The predicted octanol–water partition coefficient (Wildman–Crippen LogP) is 5.44. The van der Waals surface area contributed by atoms with E-state index in [2.05, 4.69) is 84.1 Å². The lowest BCUT2D eigenvalue weighted by molar-refractivity contribution is 0.507. The molecule has 0 bridgehead atoms. The van der Waals surface area contributed by atoms with Crippen LogP contribution >= 0.6 is 0 Å². The highest BCUT2D eigenvalue weighted by molar-refractivity contribution is 6.90. The molecular weight excluding hydrogens is 340 g/mol. The molecule has 0 amide bonds. The molecule has 0 saturated carbocycles. The predicted molar refractivity (Wildman–Crippen MR) is 113 cm³/mol. The van der Waals surface area contributed by atoms with E-state index in [0.717, 1.165) is 5.56 Å². The third kappa shape index (κ3) is 5.49. The zero-order chi connectivity index (χ0) is 19.4. The summed E-state index contributed by atoms with van der Waals surface area (Å²) < 4.78 is 5.17. The first kappa shape index (κ1) is 21.5. The molecule has 2 nitrogen and oxygen atoms in total. The molecule has 0 aliphatic carbocycles. The standard InChI is InChI=1S/C21H32O2Si2/c1-16(2)25(17(3)4,18(5)6)13-10-19-14-20(21(22)23-15-19)11-12-24(7,8)9/h14-18H,1-9H3.